The number of carbonyl (C=O) groups is 2. The molecule has 2 heterocycles. The lowest BCUT2D eigenvalue weighted by Gasteiger charge is -2.29. The predicted molar refractivity (Wildman–Crippen MR) is 120 cm³/mol. The molecule has 0 bridgehead atoms. The normalized spacial score (nSPS) is 17.7. The molecule has 0 spiro atoms. The Kier molecular flexibility index (Phi) is 6.87. The third-order valence-corrected chi connectivity index (χ3v) is 6.27. The van der Waals surface area contributed by atoms with Crippen molar-refractivity contribution < 1.29 is 14.3 Å². The van der Waals surface area contributed by atoms with Gasteiger partial charge in [-0.1, -0.05) is 30.3 Å². The zero-order chi connectivity index (χ0) is 21.6. The first-order chi connectivity index (χ1) is 15.2. The Morgan fingerprint density at radius 1 is 1.06 bits per heavy atom. The second-order valence-electron chi connectivity index (χ2n) is 8.33. The van der Waals surface area contributed by atoms with Crippen LogP contribution >= 0.6 is 0 Å². The number of hydrogen-bond donors (Lipinski definition) is 1. The highest BCUT2D eigenvalue weighted by Gasteiger charge is 2.26. The first kappa shape index (κ1) is 21.4. The summed E-state index contributed by atoms with van der Waals surface area (Å²) < 4.78 is 5.59. The van der Waals surface area contributed by atoms with Crippen LogP contribution < -0.4 is 10.1 Å². The number of carbonyl (C=O) groups excluding carboxylic acids is 2. The van der Waals surface area contributed by atoms with Gasteiger partial charge in [0.15, 0.2) is 0 Å². The molecule has 2 saturated heterocycles. The van der Waals surface area contributed by atoms with Crippen molar-refractivity contribution in [2.45, 2.75) is 38.3 Å². The predicted octanol–water partition coefficient (Wildman–Crippen LogP) is 3.38. The highest BCUT2D eigenvalue weighted by Crippen LogP contribution is 2.31. The summed E-state index contributed by atoms with van der Waals surface area (Å²) in [5.41, 5.74) is 2.72. The second kappa shape index (κ2) is 9.96. The molecule has 0 aliphatic carbocycles. The van der Waals surface area contributed by atoms with Gasteiger partial charge in [-0.2, -0.15) is 0 Å². The summed E-state index contributed by atoms with van der Waals surface area (Å²) in [6.45, 7) is 3.94. The summed E-state index contributed by atoms with van der Waals surface area (Å²) in [4.78, 5) is 29.2. The van der Waals surface area contributed by atoms with E-state index in [-0.39, 0.29) is 17.9 Å². The Morgan fingerprint density at radius 2 is 1.87 bits per heavy atom. The standard InChI is InChI=1S/C25H31N3O3/c1-31-23-11-3-2-10-21(23)22(27-13-4-5-14-27)17-26-25(30)20-9-6-8-19(16-20)18-28-15-7-12-24(28)29/h2-3,6,8-11,16,22H,4-5,7,12-15,17-18H2,1H3,(H,26,30). The average Bonchev–Trinajstić information content (AvgIpc) is 3.47. The molecule has 164 valence electrons. The van der Waals surface area contributed by atoms with Gasteiger partial charge in [0.05, 0.1) is 13.2 Å². The zero-order valence-corrected chi connectivity index (χ0v) is 18.2. The molecule has 0 saturated carbocycles. The fourth-order valence-corrected chi connectivity index (χ4v) is 4.62. The van der Waals surface area contributed by atoms with Crippen molar-refractivity contribution >= 4 is 11.8 Å². The molecule has 2 aliphatic heterocycles. The third-order valence-electron chi connectivity index (χ3n) is 6.27. The minimum Gasteiger partial charge on any atom is -0.496 e. The van der Waals surface area contributed by atoms with Crippen molar-refractivity contribution in [3.8, 4) is 5.75 Å². The SMILES string of the molecule is COc1ccccc1C(CNC(=O)c1cccc(CN2CCCC2=O)c1)N1CCCC1. The van der Waals surface area contributed by atoms with Crippen LogP contribution in [0.15, 0.2) is 48.5 Å². The minimum absolute atomic E-state index is 0.0769. The van der Waals surface area contributed by atoms with Gasteiger partial charge in [-0.3, -0.25) is 14.5 Å². The van der Waals surface area contributed by atoms with Gasteiger partial charge >= 0.3 is 0 Å². The fraction of sp³-hybridized carbons (Fsp3) is 0.440. The quantitative estimate of drug-likeness (QED) is 0.710. The Labute approximate surface area is 184 Å². The molecule has 31 heavy (non-hydrogen) atoms. The van der Waals surface area contributed by atoms with Gasteiger partial charge in [0, 0.05) is 37.2 Å². The molecule has 2 aromatic carbocycles. The van der Waals surface area contributed by atoms with E-state index >= 15 is 0 Å². The number of nitrogens with one attached hydrogen (secondary N) is 1. The Hall–Kier alpha value is -2.86. The second-order valence-corrected chi connectivity index (χ2v) is 8.33. The van der Waals surface area contributed by atoms with Crippen LogP contribution in [0.3, 0.4) is 0 Å². The van der Waals surface area contributed by atoms with Crippen molar-refractivity contribution in [3.63, 3.8) is 0 Å². The average molecular weight is 422 g/mol. The van der Waals surface area contributed by atoms with E-state index in [1.165, 1.54) is 12.8 Å². The number of ether oxygens (including phenoxy) is 1. The molecule has 0 radical (unpaired) electrons. The molecule has 1 unspecified atom stereocenters. The lowest BCUT2D eigenvalue weighted by atomic mass is 10.0. The monoisotopic (exact) mass is 421 g/mol. The molecule has 2 fully saturated rings. The number of nitrogens with zero attached hydrogens (tertiary/aromatic N) is 2. The van der Waals surface area contributed by atoms with Crippen LogP contribution in [0.1, 0.15) is 53.2 Å². The Morgan fingerprint density at radius 3 is 2.61 bits per heavy atom. The van der Waals surface area contributed by atoms with E-state index < -0.39 is 0 Å². The molecule has 6 nitrogen and oxygen atoms in total. The molecule has 1 N–H and O–H groups in total. The van der Waals surface area contributed by atoms with Gasteiger partial charge in [-0.25, -0.2) is 0 Å². The van der Waals surface area contributed by atoms with E-state index in [0.29, 0.717) is 25.1 Å². The van der Waals surface area contributed by atoms with Crippen LogP contribution in [0.2, 0.25) is 0 Å². The van der Waals surface area contributed by atoms with E-state index in [1.54, 1.807) is 7.11 Å². The summed E-state index contributed by atoms with van der Waals surface area (Å²) in [5, 5.41) is 3.14. The van der Waals surface area contributed by atoms with Crippen molar-refractivity contribution in [2.24, 2.45) is 0 Å². The molecular weight excluding hydrogens is 390 g/mol. The van der Waals surface area contributed by atoms with E-state index in [2.05, 4.69) is 16.3 Å². The summed E-state index contributed by atoms with van der Waals surface area (Å²) in [6.07, 6.45) is 3.90. The van der Waals surface area contributed by atoms with Crippen LogP contribution in [0.5, 0.6) is 5.75 Å². The van der Waals surface area contributed by atoms with Crippen LogP contribution in [-0.4, -0.2) is 54.9 Å². The molecule has 2 aliphatic rings. The van der Waals surface area contributed by atoms with Crippen molar-refractivity contribution in [1.82, 2.24) is 15.1 Å². The van der Waals surface area contributed by atoms with Gasteiger partial charge in [0.25, 0.3) is 5.91 Å². The van der Waals surface area contributed by atoms with Gasteiger partial charge in [0.2, 0.25) is 5.91 Å². The van der Waals surface area contributed by atoms with Gasteiger partial charge in [-0.15, -0.1) is 0 Å². The number of methoxy groups -OCH3 is 1. The molecule has 4 rings (SSSR count). The molecule has 1 atom stereocenters. The maximum absolute atomic E-state index is 13.0. The first-order valence-corrected chi connectivity index (χ1v) is 11.2. The zero-order valence-electron chi connectivity index (χ0n) is 18.2. The Balaban J connectivity index is 1.45. The lowest BCUT2D eigenvalue weighted by molar-refractivity contribution is -0.128. The maximum Gasteiger partial charge on any atom is 0.251 e. The van der Waals surface area contributed by atoms with Crippen molar-refractivity contribution in [1.29, 1.82) is 0 Å². The number of amides is 2. The number of para-hydroxylation sites is 1. The van der Waals surface area contributed by atoms with Crippen LogP contribution in [0.4, 0.5) is 0 Å². The minimum atomic E-state index is -0.0892. The lowest BCUT2D eigenvalue weighted by Crippen LogP contribution is -2.37. The molecular formula is C25H31N3O3. The number of hydrogen-bond acceptors (Lipinski definition) is 4. The molecule has 6 heteroatoms. The maximum atomic E-state index is 13.0. The summed E-state index contributed by atoms with van der Waals surface area (Å²) in [5.74, 6) is 0.958. The van der Waals surface area contributed by atoms with E-state index in [0.717, 1.165) is 42.9 Å². The van der Waals surface area contributed by atoms with Crippen LogP contribution in [0.25, 0.3) is 0 Å². The first-order valence-electron chi connectivity index (χ1n) is 11.2. The summed E-state index contributed by atoms with van der Waals surface area (Å²) in [6, 6.07) is 15.7. The number of likely N-dealkylation sites (tertiary alicyclic amines) is 2. The van der Waals surface area contributed by atoms with E-state index in [4.69, 9.17) is 4.74 Å². The molecule has 2 aromatic rings. The molecule has 2 amide bonds. The topological polar surface area (TPSA) is 61.9 Å². The third kappa shape index (κ3) is 5.07. The van der Waals surface area contributed by atoms with Crippen LogP contribution in [-0.2, 0) is 11.3 Å². The smallest absolute Gasteiger partial charge is 0.251 e. The van der Waals surface area contributed by atoms with Gasteiger partial charge < -0.3 is 15.0 Å². The van der Waals surface area contributed by atoms with E-state index in [1.807, 2.05) is 47.4 Å². The Bertz CT molecular complexity index is 924. The highest BCUT2D eigenvalue weighted by molar-refractivity contribution is 5.94. The van der Waals surface area contributed by atoms with Gasteiger partial charge in [-0.05, 0) is 56.1 Å². The summed E-state index contributed by atoms with van der Waals surface area (Å²) >= 11 is 0. The van der Waals surface area contributed by atoms with Crippen molar-refractivity contribution in [3.05, 3.63) is 65.2 Å². The number of rotatable bonds is 8. The van der Waals surface area contributed by atoms with Crippen LogP contribution in [0, 0.1) is 0 Å². The highest BCUT2D eigenvalue weighted by atomic mass is 16.5. The van der Waals surface area contributed by atoms with Crippen molar-refractivity contribution in [2.75, 3.05) is 33.3 Å². The van der Waals surface area contributed by atoms with E-state index in [9.17, 15) is 9.59 Å². The largest absolute Gasteiger partial charge is 0.496 e. The molecule has 0 aromatic heterocycles. The fourth-order valence-electron chi connectivity index (χ4n) is 4.62. The number of benzene rings is 2. The summed E-state index contributed by atoms with van der Waals surface area (Å²) in [7, 11) is 1.69. The van der Waals surface area contributed by atoms with Gasteiger partial charge in [0.1, 0.15) is 5.75 Å².